The minimum atomic E-state index is 0.0292. The van der Waals surface area contributed by atoms with Crippen molar-refractivity contribution in [2.24, 2.45) is 5.92 Å². The van der Waals surface area contributed by atoms with Gasteiger partial charge in [-0.1, -0.05) is 25.8 Å². The molecule has 0 radical (unpaired) electrons. The molecule has 116 valence electrons. The highest BCUT2D eigenvalue weighted by molar-refractivity contribution is 5.92. The zero-order valence-electron chi connectivity index (χ0n) is 13.6. The van der Waals surface area contributed by atoms with Crippen LogP contribution in [0.4, 0.5) is 5.82 Å². The number of carbonyl (C=O) groups is 1. The average Bonchev–Trinajstić information content (AvgIpc) is 2.45. The van der Waals surface area contributed by atoms with E-state index < -0.39 is 0 Å². The summed E-state index contributed by atoms with van der Waals surface area (Å²) in [6.07, 6.45) is 4.71. The first-order chi connectivity index (χ1) is 9.97. The number of amides is 1. The van der Waals surface area contributed by atoms with Crippen LogP contribution < -0.4 is 5.32 Å². The topological polar surface area (TPSA) is 45.2 Å². The van der Waals surface area contributed by atoms with Crippen LogP contribution >= 0.6 is 0 Å². The molecule has 2 unspecified atom stereocenters. The van der Waals surface area contributed by atoms with E-state index in [0.29, 0.717) is 23.7 Å². The Morgan fingerprint density at radius 3 is 2.81 bits per heavy atom. The number of carbonyl (C=O) groups excluding carboxylic acids is 1. The lowest BCUT2D eigenvalue weighted by Crippen LogP contribution is -2.40. The summed E-state index contributed by atoms with van der Waals surface area (Å²) in [7, 11) is 1.91. The quantitative estimate of drug-likeness (QED) is 0.922. The van der Waals surface area contributed by atoms with Crippen molar-refractivity contribution in [3.8, 4) is 0 Å². The molecule has 1 amide bonds. The third-order valence-electron chi connectivity index (χ3n) is 4.18. The van der Waals surface area contributed by atoms with E-state index in [0.717, 1.165) is 18.7 Å². The number of rotatable bonds is 4. The van der Waals surface area contributed by atoms with E-state index in [1.165, 1.54) is 12.8 Å². The predicted octanol–water partition coefficient (Wildman–Crippen LogP) is 3.55. The van der Waals surface area contributed by atoms with Gasteiger partial charge in [0.15, 0.2) is 0 Å². The third-order valence-corrected chi connectivity index (χ3v) is 4.18. The van der Waals surface area contributed by atoms with Crippen LogP contribution in [0.5, 0.6) is 0 Å². The second-order valence-corrected chi connectivity index (χ2v) is 6.55. The zero-order chi connectivity index (χ0) is 15.4. The molecule has 0 saturated heterocycles. The second-order valence-electron chi connectivity index (χ2n) is 6.55. The van der Waals surface area contributed by atoms with E-state index in [1.807, 2.05) is 24.1 Å². The van der Waals surface area contributed by atoms with Crippen LogP contribution in [0.1, 0.15) is 56.9 Å². The van der Waals surface area contributed by atoms with Crippen LogP contribution in [0.25, 0.3) is 0 Å². The summed E-state index contributed by atoms with van der Waals surface area (Å²) < 4.78 is 0. The summed E-state index contributed by atoms with van der Waals surface area (Å²) in [6, 6.07) is 6.25. The maximum absolute atomic E-state index is 12.6. The number of pyridine rings is 1. The van der Waals surface area contributed by atoms with E-state index in [9.17, 15) is 4.79 Å². The number of aromatic nitrogens is 1. The lowest BCUT2D eigenvalue weighted by molar-refractivity contribution is 0.0666. The summed E-state index contributed by atoms with van der Waals surface area (Å²) in [5.41, 5.74) is 0.529. The molecule has 0 spiro atoms. The Morgan fingerprint density at radius 2 is 2.14 bits per heavy atom. The molecule has 4 nitrogen and oxygen atoms in total. The van der Waals surface area contributed by atoms with Gasteiger partial charge in [-0.15, -0.1) is 0 Å². The van der Waals surface area contributed by atoms with Gasteiger partial charge in [0.05, 0.1) is 0 Å². The van der Waals surface area contributed by atoms with E-state index in [1.54, 1.807) is 6.07 Å². The highest BCUT2D eigenvalue weighted by Crippen LogP contribution is 2.27. The highest BCUT2D eigenvalue weighted by atomic mass is 16.2. The van der Waals surface area contributed by atoms with Gasteiger partial charge in [0.25, 0.3) is 5.91 Å². The molecule has 0 bridgehead atoms. The number of hydrogen-bond donors (Lipinski definition) is 1. The van der Waals surface area contributed by atoms with Crippen molar-refractivity contribution in [2.75, 3.05) is 12.4 Å². The lowest BCUT2D eigenvalue weighted by Gasteiger charge is -2.34. The molecule has 4 heteroatoms. The summed E-state index contributed by atoms with van der Waals surface area (Å²) >= 11 is 0. The minimum absolute atomic E-state index is 0.0292. The second kappa shape index (κ2) is 6.92. The smallest absolute Gasteiger partial charge is 0.272 e. The number of anilines is 1. The van der Waals surface area contributed by atoms with Crippen molar-refractivity contribution in [2.45, 2.75) is 58.5 Å². The largest absolute Gasteiger partial charge is 0.368 e. The van der Waals surface area contributed by atoms with Gasteiger partial charge in [-0.2, -0.15) is 0 Å². The van der Waals surface area contributed by atoms with Crippen LogP contribution in [-0.4, -0.2) is 34.9 Å². The number of nitrogens with one attached hydrogen (secondary N) is 1. The Labute approximate surface area is 127 Å². The van der Waals surface area contributed by atoms with Crippen molar-refractivity contribution < 1.29 is 4.79 Å². The van der Waals surface area contributed by atoms with Crippen molar-refractivity contribution in [1.82, 2.24) is 9.88 Å². The molecule has 2 atom stereocenters. The van der Waals surface area contributed by atoms with Gasteiger partial charge in [-0.25, -0.2) is 4.98 Å². The predicted molar refractivity (Wildman–Crippen MR) is 86.5 cm³/mol. The van der Waals surface area contributed by atoms with E-state index in [-0.39, 0.29) is 5.91 Å². The molecule has 0 aromatic carbocycles. The molecule has 0 aliphatic heterocycles. The molecule has 2 rings (SSSR count). The highest BCUT2D eigenvalue weighted by Gasteiger charge is 2.26. The first-order valence-corrected chi connectivity index (χ1v) is 7.98. The average molecular weight is 289 g/mol. The Morgan fingerprint density at radius 1 is 1.38 bits per heavy atom. The molecular formula is C17H27N3O. The fraction of sp³-hybridized carbons (Fsp3) is 0.647. The van der Waals surface area contributed by atoms with E-state index in [4.69, 9.17) is 0 Å². The monoisotopic (exact) mass is 289 g/mol. The van der Waals surface area contributed by atoms with Gasteiger partial charge in [-0.05, 0) is 44.7 Å². The van der Waals surface area contributed by atoms with Gasteiger partial charge in [0.1, 0.15) is 11.5 Å². The molecule has 1 heterocycles. The fourth-order valence-corrected chi connectivity index (χ4v) is 3.03. The van der Waals surface area contributed by atoms with E-state index in [2.05, 4.69) is 31.1 Å². The summed E-state index contributed by atoms with van der Waals surface area (Å²) in [4.78, 5) is 19.0. The van der Waals surface area contributed by atoms with Crippen LogP contribution in [0.2, 0.25) is 0 Å². The van der Waals surface area contributed by atoms with Crippen LogP contribution in [0.15, 0.2) is 18.2 Å². The van der Waals surface area contributed by atoms with Gasteiger partial charge >= 0.3 is 0 Å². The standard InChI is InChI=1S/C17H27N3O/c1-12(2)18-16-10-6-9-15(19-16)17(21)20(4)14-8-5-7-13(3)11-14/h6,9-10,12-14H,5,7-8,11H2,1-4H3,(H,18,19). The Hall–Kier alpha value is -1.58. The van der Waals surface area contributed by atoms with Crippen molar-refractivity contribution >= 4 is 11.7 Å². The molecule has 21 heavy (non-hydrogen) atoms. The van der Waals surface area contributed by atoms with Gasteiger partial charge in [0.2, 0.25) is 0 Å². The SMILES string of the molecule is CC1CCCC(N(C)C(=O)c2cccc(NC(C)C)n2)C1. The Kier molecular flexibility index (Phi) is 5.21. The molecule has 1 aromatic rings. The van der Waals surface area contributed by atoms with Crippen molar-refractivity contribution in [3.05, 3.63) is 23.9 Å². The van der Waals surface area contributed by atoms with Gasteiger partial charge < -0.3 is 10.2 Å². The fourth-order valence-electron chi connectivity index (χ4n) is 3.03. The van der Waals surface area contributed by atoms with Crippen molar-refractivity contribution in [3.63, 3.8) is 0 Å². The molecule has 1 aliphatic carbocycles. The van der Waals surface area contributed by atoms with Crippen LogP contribution in [-0.2, 0) is 0 Å². The molecule has 1 N–H and O–H groups in total. The maximum Gasteiger partial charge on any atom is 0.272 e. The number of nitrogens with zero attached hydrogens (tertiary/aromatic N) is 2. The Balaban J connectivity index is 2.08. The van der Waals surface area contributed by atoms with E-state index >= 15 is 0 Å². The first kappa shape index (κ1) is 15.8. The van der Waals surface area contributed by atoms with Crippen LogP contribution in [0, 0.1) is 5.92 Å². The lowest BCUT2D eigenvalue weighted by atomic mass is 9.86. The molecule has 1 aliphatic rings. The summed E-state index contributed by atoms with van der Waals surface area (Å²) in [5.74, 6) is 1.50. The summed E-state index contributed by atoms with van der Waals surface area (Å²) in [6.45, 7) is 6.40. The number of hydrogen-bond acceptors (Lipinski definition) is 3. The molecular weight excluding hydrogens is 262 g/mol. The minimum Gasteiger partial charge on any atom is -0.368 e. The molecule has 1 aromatic heterocycles. The Bertz CT molecular complexity index is 487. The zero-order valence-corrected chi connectivity index (χ0v) is 13.6. The third kappa shape index (κ3) is 4.19. The summed E-state index contributed by atoms with van der Waals surface area (Å²) in [5, 5.41) is 3.24. The molecule has 1 saturated carbocycles. The van der Waals surface area contributed by atoms with Gasteiger partial charge in [0, 0.05) is 19.1 Å². The van der Waals surface area contributed by atoms with Crippen LogP contribution in [0.3, 0.4) is 0 Å². The van der Waals surface area contributed by atoms with Gasteiger partial charge in [-0.3, -0.25) is 4.79 Å². The van der Waals surface area contributed by atoms with Crippen molar-refractivity contribution in [1.29, 1.82) is 0 Å². The molecule has 1 fully saturated rings. The normalized spacial score (nSPS) is 22.1. The first-order valence-electron chi connectivity index (χ1n) is 7.98. The maximum atomic E-state index is 12.6.